The first-order chi connectivity index (χ1) is 11.4. The van der Waals surface area contributed by atoms with Crippen molar-refractivity contribution >= 4 is 49.6 Å². The number of carbonyl (C=O) groups is 3. The summed E-state index contributed by atoms with van der Waals surface area (Å²) in [6.07, 6.45) is 0.662. The van der Waals surface area contributed by atoms with E-state index in [1.807, 2.05) is 0 Å². The number of rotatable bonds is 5. The number of hydrogen-bond acceptors (Lipinski definition) is 4. The van der Waals surface area contributed by atoms with E-state index >= 15 is 0 Å². The lowest BCUT2D eigenvalue weighted by Gasteiger charge is -2.32. The maximum atomic E-state index is 12.5. The van der Waals surface area contributed by atoms with Gasteiger partial charge in [-0.05, 0) is 18.3 Å². The van der Waals surface area contributed by atoms with Crippen LogP contribution in [0.25, 0.3) is 0 Å². The number of benzene rings is 1. The number of carboxylic acid groups (broad SMARTS) is 1. The summed E-state index contributed by atoms with van der Waals surface area (Å²) >= 11 is 7.07. The zero-order valence-corrected chi connectivity index (χ0v) is 15.8. The highest BCUT2D eigenvalue weighted by Gasteiger charge is 2.62. The van der Waals surface area contributed by atoms with Crippen LogP contribution in [0, 0.1) is 23.7 Å². The molecule has 0 unspecified atom stereocenters. The fourth-order valence-corrected chi connectivity index (χ4v) is 5.74. The van der Waals surface area contributed by atoms with Crippen molar-refractivity contribution in [2.24, 2.45) is 23.7 Å². The normalized spacial score (nSPS) is 34.1. The highest BCUT2D eigenvalue weighted by Crippen LogP contribution is 2.57. The topological polar surface area (TPSA) is 80.7 Å². The molecule has 24 heavy (non-hydrogen) atoms. The third-order valence-electron chi connectivity index (χ3n) is 4.97. The monoisotopic (exact) mass is 458 g/mol. The second-order valence-electron chi connectivity index (χ2n) is 6.24. The number of fused-ring (bicyclic) bond motifs is 2. The Bertz CT molecular complexity index is 662. The Labute approximate surface area is 156 Å². The molecule has 0 aromatic heterocycles. The van der Waals surface area contributed by atoms with E-state index in [1.165, 1.54) is 0 Å². The van der Waals surface area contributed by atoms with Crippen molar-refractivity contribution in [3.05, 3.63) is 35.9 Å². The van der Waals surface area contributed by atoms with Gasteiger partial charge in [0, 0.05) is 15.2 Å². The number of carbonyl (C=O) groups excluding carboxylic acids is 2. The zero-order chi connectivity index (χ0) is 17.4. The Balaban J connectivity index is 1.68. The summed E-state index contributed by atoms with van der Waals surface area (Å²) in [7, 11) is 0. The first kappa shape index (κ1) is 17.6. The van der Waals surface area contributed by atoms with Gasteiger partial charge in [0.2, 0.25) is 0 Å². The van der Waals surface area contributed by atoms with Crippen LogP contribution < -0.4 is 0 Å². The van der Waals surface area contributed by atoms with E-state index in [2.05, 4.69) is 31.9 Å². The predicted molar refractivity (Wildman–Crippen MR) is 93.4 cm³/mol. The molecule has 6 atom stereocenters. The minimum atomic E-state index is -0.984. The Hall–Kier alpha value is -1.21. The number of hydrogen-bond donors (Lipinski definition) is 1. The SMILES string of the molecule is O=C(COC(=O)[C@@H]1[C@H]2C[C@@H]([C@H](Br)[C@H]2Br)[C@H]1C(=O)O)c1ccccc1. The van der Waals surface area contributed by atoms with Crippen molar-refractivity contribution in [2.75, 3.05) is 6.61 Å². The molecule has 5 nitrogen and oxygen atoms in total. The highest BCUT2D eigenvalue weighted by atomic mass is 79.9. The largest absolute Gasteiger partial charge is 0.481 e. The standard InChI is InChI=1S/C17H16Br2O5/c18-14-9-6-10(15(14)19)13(12(9)16(21)22)17(23)24-7-11(20)8-4-2-1-3-5-8/h1-5,9-10,12-15H,6-7H2,(H,21,22)/t9-,10-,12-,13-,14+,15+/m1/s1. The molecule has 1 N–H and O–H groups in total. The van der Waals surface area contributed by atoms with Crippen molar-refractivity contribution in [1.29, 1.82) is 0 Å². The van der Waals surface area contributed by atoms with Crippen molar-refractivity contribution in [3.63, 3.8) is 0 Å². The number of ketones is 1. The highest BCUT2D eigenvalue weighted by molar-refractivity contribution is 9.12. The van der Waals surface area contributed by atoms with Crippen LogP contribution in [0.4, 0.5) is 0 Å². The molecule has 0 amide bonds. The number of Topliss-reactive ketones (excluding diaryl/α,β-unsaturated/α-hetero) is 1. The average Bonchev–Trinajstić information content (AvgIpc) is 3.10. The minimum Gasteiger partial charge on any atom is -0.481 e. The summed E-state index contributed by atoms with van der Waals surface area (Å²) in [4.78, 5) is 36.2. The minimum absolute atomic E-state index is 0.0265. The van der Waals surface area contributed by atoms with Crippen molar-refractivity contribution in [3.8, 4) is 0 Å². The van der Waals surface area contributed by atoms with Gasteiger partial charge in [-0.25, -0.2) is 0 Å². The fraction of sp³-hybridized carbons (Fsp3) is 0.471. The molecule has 2 aliphatic carbocycles. The smallest absolute Gasteiger partial charge is 0.310 e. The third kappa shape index (κ3) is 3.04. The maximum Gasteiger partial charge on any atom is 0.310 e. The van der Waals surface area contributed by atoms with Gasteiger partial charge in [-0.3, -0.25) is 14.4 Å². The van der Waals surface area contributed by atoms with Gasteiger partial charge < -0.3 is 9.84 Å². The molecule has 2 fully saturated rings. The molecule has 1 aromatic rings. The van der Waals surface area contributed by atoms with Crippen LogP contribution in [0.5, 0.6) is 0 Å². The number of aliphatic carboxylic acids is 1. The molecule has 0 radical (unpaired) electrons. The third-order valence-corrected chi connectivity index (χ3v) is 8.18. The van der Waals surface area contributed by atoms with E-state index in [9.17, 15) is 19.5 Å². The van der Waals surface area contributed by atoms with E-state index in [4.69, 9.17) is 4.74 Å². The Morgan fingerprint density at radius 1 is 1.04 bits per heavy atom. The molecule has 128 valence electrons. The second-order valence-corrected chi connectivity index (χ2v) is 8.35. The number of halogens is 2. The molecule has 0 spiro atoms. The van der Waals surface area contributed by atoms with Gasteiger partial charge in [0.05, 0.1) is 11.8 Å². The van der Waals surface area contributed by atoms with E-state index in [1.54, 1.807) is 30.3 Å². The number of ether oxygens (including phenoxy) is 1. The van der Waals surface area contributed by atoms with E-state index in [-0.39, 0.29) is 33.9 Å². The second kappa shape index (κ2) is 6.96. The molecule has 2 saturated carbocycles. The molecule has 0 saturated heterocycles. The van der Waals surface area contributed by atoms with Crippen molar-refractivity contribution in [1.82, 2.24) is 0 Å². The molecule has 2 bridgehead atoms. The van der Waals surface area contributed by atoms with Crippen LogP contribution in [-0.4, -0.2) is 39.1 Å². The quantitative estimate of drug-likeness (QED) is 0.416. The van der Waals surface area contributed by atoms with Crippen molar-refractivity contribution in [2.45, 2.75) is 16.1 Å². The predicted octanol–water partition coefficient (Wildman–Crippen LogP) is 2.91. The number of esters is 1. The van der Waals surface area contributed by atoms with Crippen LogP contribution in [0.2, 0.25) is 0 Å². The molecule has 0 aliphatic heterocycles. The Kier molecular flexibility index (Phi) is 5.11. The van der Waals surface area contributed by atoms with Gasteiger partial charge in [0.1, 0.15) is 0 Å². The average molecular weight is 460 g/mol. The first-order valence-electron chi connectivity index (χ1n) is 7.67. The summed E-state index contributed by atoms with van der Waals surface area (Å²) in [5.41, 5.74) is 0.465. The van der Waals surface area contributed by atoms with Crippen LogP contribution in [0.1, 0.15) is 16.8 Å². The van der Waals surface area contributed by atoms with E-state index in [0.717, 1.165) is 0 Å². The van der Waals surface area contributed by atoms with Crippen LogP contribution in [0.15, 0.2) is 30.3 Å². The van der Waals surface area contributed by atoms with Gasteiger partial charge in [-0.2, -0.15) is 0 Å². The fourth-order valence-electron chi connectivity index (χ4n) is 3.87. The molecule has 3 rings (SSSR count). The summed E-state index contributed by atoms with van der Waals surface area (Å²) in [6.45, 7) is -0.367. The number of alkyl halides is 2. The summed E-state index contributed by atoms with van der Waals surface area (Å²) < 4.78 is 5.17. The Morgan fingerprint density at radius 2 is 1.62 bits per heavy atom. The maximum absolute atomic E-state index is 12.5. The lowest BCUT2D eigenvalue weighted by atomic mass is 9.79. The molecular weight excluding hydrogens is 444 g/mol. The Morgan fingerprint density at radius 3 is 2.21 bits per heavy atom. The van der Waals surface area contributed by atoms with Crippen LogP contribution >= 0.6 is 31.9 Å². The van der Waals surface area contributed by atoms with E-state index in [0.29, 0.717) is 12.0 Å². The molecule has 0 heterocycles. The van der Waals surface area contributed by atoms with Crippen LogP contribution in [-0.2, 0) is 14.3 Å². The van der Waals surface area contributed by atoms with Crippen molar-refractivity contribution < 1.29 is 24.2 Å². The molecule has 7 heteroatoms. The summed E-state index contributed by atoms with van der Waals surface area (Å²) in [5.74, 6) is -3.57. The van der Waals surface area contributed by atoms with Gasteiger partial charge >= 0.3 is 11.9 Å². The first-order valence-corrected chi connectivity index (χ1v) is 9.50. The van der Waals surface area contributed by atoms with Gasteiger partial charge in [-0.15, -0.1) is 0 Å². The lowest BCUT2D eigenvalue weighted by molar-refractivity contribution is -0.159. The number of carboxylic acids is 1. The van der Waals surface area contributed by atoms with Crippen LogP contribution in [0.3, 0.4) is 0 Å². The van der Waals surface area contributed by atoms with Gasteiger partial charge in [0.15, 0.2) is 12.4 Å². The zero-order valence-electron chi connectivity index (χ0n) is 12.6. The lowest BCUT2D eigenvalue weighted by Crippen LogP contribution is -2.44. The van der Waals surface area contributed by atoms with Gasteiger partial charge in [-0.1, -0.05) is 62.2 Å². The molecular formula is C17H16Br2O5. The summed E-state index contributed by atoms with van der Waals surface area (Å²) in [6, 6.07) is 8.56. The van der Waals surface area contributed by atoms with E-state index < -0.39 is 23.8 Å². The molecule has 1 aromatic carbocycles. The molecule has 2 aliphatic rings. The summed E-state index contributed by atoms with van der Waals surface area (Å²) in [5, 5.41) is 9.50. The van der Waals surface area contributed by atoms with Gasteiger partial charge in [0.25, 0.3) is 0 Å².